The lowest BCUT2D eigenvalue weighted by atomic mass is 10.2. The molecule has 3 aromatic rings. The molecule has 5 nitrogen and oxygen atoms in total. The van der Waals surface area contributed by atoms with Crippen molar-refractivity contribution in [1.29, 1.82) is 0 Å². The molecule has 146 valence electrons. The quantitative estimate of drug-likeness (QED) is 0.554. The van der Waals surface area contributed by atoms with Crippen LogP contribution in [0.4, 0.5) is 5.69 Å². The van der Waals surface area contributed by atoms with Crippen LogP contribution >= 0.6 is 27.3 Å². The Morgan fingerprint density at radius 2 is 1.89 bits per heavy atom. The predicted molar refractivity (Wildman–Crippen MR) is 117 cm³/mol. The van der Waals surface area contributed by atoms with Gasteiger partial charge in [0.1, 0.15) is 0 Å². The van der Waals surface area contributed by atoms with Gasteiger partial charge in [0.15, 0.2) is 0 Å². The summed E-state index contributed by atoms with van der Waals surface area (Å²) in [6, 6.07) is 14.3. The van der Waals surface area contributed by atoms with Gasteiger partial charge in [0.2, 0.25) is 0 Å². The van der Waals surface area contributed by atoms with E-state index < -0.39 is 10.0 Å². The third-order valence-electron chi connectivity index (χ3n) is 4.61. The second-order valence-corrected chi connectivity index (χ2v) is 10.6. The molecule has 1 aliphatic rings. The van der Waals surface area contributed by atoms with Crippen LogP contribution in [-0.2, 0) is 10.0 Å². The van der Waals surface area contributed by atoms with E-state index in [9.17, 15) is 13.2 Å². The van der Waals surface area contributed by atoms with Crippen molar-refractivity contribution in [2.75, 3.05) is 10.8 Å². The molecule has 4 rings (SSSR count). The lowest BCUT2D eigenvalue weighted by Gasteiger charge is -2.23. The molecule has 1 saturated carbocycles. The first-order valence-electron chi connectivity index (χ1n) is 9.01. The van der Waals surface area contributed by atoms with Crippen LogP contribution in [0.5, 0.6) is 0 Å². The molecule has 1 N–H and O–H groups in total. The molecular weight excluding hydrogens is 460 g/mol. The van der Waals surface area contributed by atoms with Gasteiger partial charge in [-0.1, -0.05) is 15.9 Å². The van der Waals surface area contributed by atoms with Gasteiger partial charge < -0.3 is 5.32 Å². The standard InChI is InChI=1S/C20H19BrN2O3S2/c1-2-23(28(25,26)17-8-3-14(21)4-9-17)16-7-10-18-13(11-16)12-19(27-18)20(24)22-15-5-6-15/h3-4,7-12,15H,2,5-6H2,1H3,(H,22,24). The zero-order chi connectivity index (χ0) is 19.9. The van der Waals surface area contributed by atoms with Crippen molar-refractivity contribution in [3.63, 3.8) is 0 Å². The van der Waals surface area contributed by atoms with Gasteiger partial charge in [-0.2, -0.15) is 0 Å². The van der Waals surface area contributed by atoms with Gasteiger partial charge in [-0.05, 0) is 73.7 Å². The smallest absolute Gasteiger partial charge is 0.264 e. The average Bonchev–Trinajstić information content (AvgIpc) is 3.37. The summed E-state index contributed by atoms with van der Waals surface area (Å²) in [5.41, 5.74) is 0.588. The van der Waals surface area contributed by atoms with E-state index in [1.807, 2.05) is 25.1 Å². The summed E-state index contributed by atoms with van der Waals surface area (Å²) in [6.45, 7) is 2.12. The van der Waals surface area contributed by atoms with Gasteiger partial charge in [0.05, 0.1) is 15.5 Å². The summed E-state index contributed by atoms with van der Waals surface area (Å²) < 4.78 is 29.4. The number of sulfonamides is 1. The number of hydrogen-bond acceptors (Lipinski definition) is 4. The minimum Gasteiger partial charge on any atom is -0.349 e. The second-order valence-electron chi connectivity index (χ2n) is 6.70. The maximum atomic E-state index is 13.1. The summed E-state index contributed by atoms with van der Waals surface area (Å²) in [6.07, 6.45) is 2.08. The molecule has 0 atom stereocenters. The molecule has 0 unspecified atom stereocenters. The van der Waals surface area contributed by atoms with Gasteiger partial charge in [0, 0.05) is 21.8 Å². The molecule has 0 radical (unpaired) electrons. The highest BCUT2D eigenvalue weighted by molar-refractivity contribution is 9.10. The number of nitrogens with one attached hydrogen (secondary N) is 1. The Labute approximate surface area is 176 Å². The number of rotatable bonds is 6. The summed E-state index contributed by atoms with van der Waals surface area (Å²) in [5.74, 6) is -0.0555. The summed E-state index contributed by atoms with van der Waals surface area (Å²) in [4.78, 5) is 13.2. The Morgan fingerprint density at radius 1 is 1.18 bits per heavy atom. The molecule has 2 aromatic carbocycles. The van der Waals surface area contributed by atoms with Gasteiger partial charge in [0.25, 0.3) is 15.9 Å². The number of fused-ring (bicyclic) bond motifs is 1. The van der Waals surface area contributed by atoms with Crippen LogP contribution < -0.4 is 9.62 Å². The fourth-order valence-corrected chi connectivity index (χ4v) is 5.68. The number of hydrogen-bond donors (Lipinski definition) is 1. The number of carbonyl (C=O) groups excluding carboxylic acids is 1. The Kier molecular flexibility index (Phi) is 5.20. The number of benzene rings is 2. The number of amides is 1. The van der Waals surface area contributed by atoms with Crippen molar-refractivity contribution in [2.45, 2.75) is 30.7 Å². The van der Waals surface area contributed by atoms with E-state index in [0.29, 0.717) is 23.2 Å². The van der Waals surface area contributed by atoms with Crippen LogP contribution in [0, 0.1) is 0 Å². The SMILES string of the molecule is CCN(c1ccc2sc(C(=O)NC3CC3)cc2c1)S(=O)(=O)c1ccc(Br)cc1. The first-order valence-corrected chi connectivity index (χ1v) is 12.1. The second kappa shape index (κ2) is 7.50. The number of thiophene rings is 1. The lowest BCUT2D eigenvalue weighted by Crippen LogP contribution is -2.30. The predicted octanol–water partition coefficient (Wildman–Crippen LogP) is 4.77. The van der Waals surface area contributed by atoms with Crippen molar-refractivity contribution < 1.29 is 13.2 Å². The van der Waals surface area contributed by atoms with Crippen LogP contribution in [0.15, 0.2) is 57.9 Å². The molecule has 0 saturated heterocycles. The van der Waals surface area contributed by atoms with E-state index >= 15 is 0 Å². The van der Waals surface area contributed by atoms with Gasteiger partial charge >= 0.3 is 0 Å². The summed E-state index contributed by atoms with van der Waals surface area (Å²) in [5, 5.41) is 3.86. The van der Waals surface area contributed by atoms with Gasteiger partial charge in [-0.3, -0.25) is 9.10 Å². The Bertz CT molecular complexity index is 1140. The molecule has 0 spiro atoms. The highest BCUT2D eigenvalue weighted by Gasteiger charge is 2.26. The first-order chi connectivity index (χ1) is 13.4. The number of anilines is 1. The molecule has 0 aliphatic heterocycles. The van der Waals surface area contributed by atoms with Crippen molar-refractivity contribution >= 4 is 59.0 Å². The summed E-state index contributed by atoms with van der Waals surface area (Å²) in [7, 11) is -3.67. The van der Waals surface area contributed by atoms with E-state index in [2.05, 4.69) is 21.2 Å². The van der Waals surface area contributed by atoms with Gasteiger partial charge in [-0.15, -0.1) is 11.3 Å². The third-order valence-corrected chi connectivity index (χ3v) is 8.17. The minimum atomic E-state index is -3.67. The van der Waals surface area contributed by atoms with E-state index in [-0.39, 0.29) is 10.8 Å². The van der Waals surface area contributed by atoms with E-state index in [0.717, 1.165) is 27.4 Å². The largest absolute Gasteiger partial charge is 0.349 e. The Hall–Kier alpha value is -1.90. The van der Waals surface area contributed by atoms with Crippen molar-refractivity contribution in [1.82, 2.24) is 5.32 Å². The number of carbonyl (C=O) groups is 1. The van der Waals surface area contributed by atoms with Crippen LogP contribution in [0.25, 0.3) is 10.1 Å². The molecule has 1 fully saturated rings. The molecule has 8 heteroatoms. The maximum absolute atomic E-state index is 13.1. The maximum Gasteiger partial charge on any atom is 0.264 e. The Balaban J connectivity index is 1.67. The molecule has 1 amide bonds. The molecule has 1 heterocycles. The Morgan fingerprint density at radius 3 is 2.54 bits per heavy atom. The molecule has 1 aromatic heterocycles. The zero-order valence-corrected chi connectivity index (χ0v) is 18.4. The highest BCUT2D eigenvalue weighted by Crippen LogP contribution is 2.32. The number of halogens is 1. The van der Waals surface area contributed by atoms with E-state index in [1.54, 1.807) is 30.3 Å². The third kappa shape index (κ3) is 3.81. The highest BCUT2D eigenvalue weighted by atomic mass is 79.9. The average molecular weight is 479 g/mol. The molecule has 28 heavy (non-hydrogen) atoms. The summed E-state index contributed by atoms with van der Waals surface area (Å²) >= 11 is 4.75. The minimum absolute atomic E-state index is 0.0555. The molecule has 0 bridgehead atoms. The van der Waals surface area contributed by atoms with Crippen LogP contribution in [0.3, 0.4) is 0 Å². The zero-order valence-electron chi connectivity index (χ0n) is 15.2. The molecule has 1 aliphatic carbocycles. The monoisotopic (exact) mass is 478 g/mol. The van der Waals surface area contributed by atoms with E-state index in [4.69, 9.17) is 0 Å². The van der Waals surface area contributed by atoms with Crippen molar-refractivity contribution in [3.8, 4) is 0 Å². The normalized spacial score (nSPS) is 14.2. The number of nitrogens with zero attached hydrogens (tertiary/aromatic N) is 1. The van der Waals surface area contributed by atoms with Gasteiger partial charge in [-0.25, -0.2) is 8.42 Å². The van der Waals surface area contributed by atoms with Crippen LogP contribution in [-0.4, -0.2) is 26.9 Å². The van der Waals surface area contributed by atoms with Crippen molar-refractivity contribution in [3.05, 3.63) is 57.9 Å². The fraction of sp³-hybridized carbons (Fsp3) is 0.250. The lowest BCUT2D eigenvalue weighted by molar-refractivity contribution is 0.0955. The topological polar surface area (TPSA) is 66.5 Å². The van der Waals surface area contributed by atoms with Crippen molar-refractivity contribution in [2.24, 2.45) is 0 Å². The fourth-order valence-electron chi connectivity index (χ4n) is 3.01. The van der Waals surface area contributed by atoms with Crippen LogP contribution in [0.2, 0.25) is 0 Å². The molecular formula is C20H19BrN2O3S2. The van der Waals surface area contributed by atoms with E-state index in [1.165, 1.54) is 15.6 Å². The first kappa shape index (κ1) is 19.4. The van der Waals surface area contributed by atoms with Crippen LogP contribution in [0.1, 0.15) is 29.4 Å².